The Morgan fingerprint density at radius 2 is 2.00 bits per heavy atom. The molecule has 1 amide bonds. The number of hydrogen-bond donors (Lipinski definition) is 2. The predicted molar refractivity (Wildman–Crippen MR) is 85.8 cm³/mol. The summed E-state index contributed by atoms with van der Waals surface area (Å²) in [5.74, 6) is -0.509. The van der Waals surface area contributed by atoms with Crippen LogP contribution in [-0.4, -0.2) is 29.3 Å². The molecule has 1 saturated carbocycles. The normalized spacial score (nSPS) is 17.9. The van der Waals surface area contributed by atoms with Gasteiger partial charge < -0.3 is 10.4 Å². The van der Waals surface area contributed by atoms with Crippen molar-refractivity contribution in [1.29, 1.82) is 0 Å². The van der Waals surface area contributed by atoms with Gasteiger partial charge in [-0.2, -0.15) is 0 Å². The Morgan fingerprint density at radius 3 is 2.57 bits per heavy atom. The second kappa shape index (κ2) is 7.84. The summed E-state index contributed by atoms with van der Waals surface area (Å²) in [4.78, 5) is 23.5. The van der Waals surface area contributed by atoms with E-state index in [1.807, 2.05) is 17.5 Å². The van der Waals surface area contributed by atoms with Crippen LogP contribution in [0.2, 0.25) is 0 Å². The molecule has 116 valence electrons. The number of thiophene rings is 1. The van der Waals surface area contributed by atoms with Gasteiger partial charge in [0.05, 0.1) is 15.4 Å². The first-order valence-electron chi connectivity index (χ1n) is 7.29. The Kier molecular flexibility index (Phi) is 6.11. The van der Waals surface area contributed by atoms with Crippen LogP contribution in [0, 0.1) is 5.41 Å². The molecule has 0 unspecified atom stereocenters. The Morgan fingerprint density at radius 1 is 1.29 bits per heavy atom. The lowest BCUT2D eigenvalue weighted by Crippen LogP contribution is -2.43. The maximum atomic E-state index is 11.9. The minimum absolute atomic E-state index is 0.0849. The van der Waals surface area contributed by atoms with E-state index in [2.05, 4.69) is 5.32 Å². The highest BCUT2D eigenvalue weighted by molar-refractivity contribution is 8.01. The Bertz CT molecular complexity index is 465. The molecule has 1 heterocycles. The summed E-state index contributed by atoms with van der Waals surface area (Å²) in [6, 6.07) is 3.93. The van der Waals surface area contributed by atoms with Gasteiger partial charge in [-0.05, 0) is 24.3 Å². The first kappa shape index (κ1) is 16.4. The molecule has 1 aliphatic carbocycles. The molecule has 4 nitrogen and oxygen atoms in total. The summed E-state index contributed by atoms with van der Waals surface area (Å²) >= 11 is 3.10. The molecule has 0 radical (unpaired) electrons. The van der Waals surface area contributed by atoms with Gasteiger partial charge in [0.15, 0.2) is 0 Å². The third-order valence-corrected chi connectivity index (χ3v) is 6.11. The summed E-state index contributed by atoms with van der Waals surface area (Å²) in [5, 5.41) is 14.4. The van der Waals surface area contributed by atoms with Gasteiger partial charge >= 0.3 is 5.97 Å². The molecule has 0 aliphatic heterocycles. The number of carboxylic acids is 1. The zero-order valence-corrected chi connectivity index (χ0v) is 13.6. The molecule has 0 bridgehead atoms. The smallest absolute Gasteiger partial charge is 0.311 e. The first-order chi connectivity index (χ1) is 10.1. The highest BCUT2D eigenvalue weighted by Crippen LogP contribution is 2.35. The fourth-order valence-electron chi connectivity index (χ4n) is 2.67. The number of rotatable bonds is 6. The minimum Gasteiger partial charge on any atom is -0.481 e. The standard InChI is InChI=1S/C15H21NO3S2/c17-12(10-21-13-6-5-9-20-13)16-11-15(14(18)19)7-3-1-2-4-8-15/h5-6,9H,1-4,7-8,10-11H2,(H,16,17)(H,18,19). The van der Waals surface area contributed by atoms with Crippen molar-refractivity contribution in [1.82, 2.24) is 5.32 Å². The van der Waals surface area contributed by atoms with Crippen molar-refractivity contribution >= 4 is 35.0 Å². The molecular formula is C15H21NO3S2. The summed E-state index contributed by atoms with van der Waals surface area (Å²) in [6.07, 6.45) is 5.40. The van der Waals surface area contributed by atoms with E-state index in [1.54, 1.807) is 11.3 Å². The van der Waals surface area contributed by atoms with Gasteiger partial charge in [0.2, 0.25) is 5.91 Å². The maximum Gasteiger partial charge on any atom is 0.311 e. The van der Waals surface area contributed by atoms with Crippen LogP contribution in [-0.2, 0) is 9.59 Å². The van der Waals surface area contributed by atoms with E-state index in [-0.39, 0.29) is 12.5 Å². The Balaban J connectivity index is 1.83. The van der Waals surface area contributed by atoms with Gasteiger partial charge in [-0.1, -0.05) is 31.7 Å². The molecule has 1 aromatic rings. The van der Waals surface area contributed by atoms with Gasteiger partial charge in [-0.25, -0.2) is 0 Å². The third kappa shape index (κ3) is 4.74. The molecule has 1 aliphatic rings. The van der Waals surface area contributed by atoms with Crippen LogP contribution < -0.4 is 5.32 Å². The zero-order valence-electron chi connectivity index (χ0n) is 12.0. The monoisotopic (exact) mass is 327 g/mol. The lowest BCUT2D eigenvalue weighted by molar-refractivity contribution is -0.149. The Hall–Kier alpha value is -1.01. The fraction of sp³-hybridized carbons (Fsp3) is 0.600. The second-order valence-corrected chi connectivity index (χ2v) is 7.72. The summed E-state index contributed by atoms with van der Waals surface area (Å²) in [5.41, 5.74) is -0.764. The Labute approximate surface area is 133 Å². The molecule has 1 fully saturated rings. The van der Waals surface area contributed by atoms with Gasteiger partial charge in [0, 0.05) is 6.54 Å². The number of aliphatic carboxylic acids is 1. The van der Waals surface area contributed by atoms with Crippen molar-refractivity contribution in [3.05, 3.63) is 17.5 Å². The molecule has 0 saturated heterocycles. The quantitative estimate of drug-likeness (QED) is 0.621. The SMILES string of the molecule is O=C(CSc1cccs1)NCC1(C(=O)O)CCCCCC1. The van der Waals surface area contributed by atoms with Crippen LogP contribution in [0.25, 0.3) is 0 Å². The lowest BCUT2D eigenvalue weighted by Gasteiger charge is -2.28. The van der Waals surface area contributed by atoms with Gasteiger partial charge in [-0.15, -0.1) is 23.1 Å². The molecule has 0 spiro atoms. The molecule has 21 heavy (non-hydrogen) atoms. The molecule has 2 N–H and O–H groups in total. The van der Waals surface area contributed by atoms with Gasteiger partial charge in [-0.3, -0.25) is 9.59 Å². The van der Waals surface area contributed by atoms with Crippen molar-refractivity contribution in [2.24, 2.45) is 5.41 Å². The van der Waals surface area contributed by atoms with E-state index in [4.69, 9.17) is 0 Å². The van der Waals surface area contributed by atoms with E-state index >= 15 is 0 Å². The highest BCUT2D eigenvalue weighted by atomic mass is 32.2. The van der Waals surface area contributed by atoms with E-state index in [1.165, 1.54) is 11.8 Å². The minimum atomic E-state index is -0.768. The van der Waals surface area contributed by atoms with Crippen LogP contribution in [0.5, 0.6) is 0 Å². The largest absolute Gasteiger partial charge is 0.481 e. The van der Waals surface area contributed by atoms with Crippen molar-refractivity contribution in [2.75, 3.05) is 12.3 Å². The number of carboxylic acid groups (broad SMARTS) is 1. The topological polar surface area (TPSA) is 66.4 Å². The summed E-state index contributed by atoms with van der Waals surface area (Å²) < 4.78 is 1.10. The van der Waals surface area contributed by atoms with E-state index in [0.29, 0.717) is 18.6 Å². The molecule has 2 rings (SSSR count). The fourth-order valence-corrected chi connectivity index (χ4v) is 4.29. The summed E-state index contributed by atoms with van der Waals surface area (Å²) in [7, 11) is 0. The third-order valence-electron chi connectivity index (χ3n) is 3.98. The van der Waals surface area contributed by atoms with E-state index in [9.17, 15) is 14.7 Å². The average molecular weight is 327 g/mol. The van der Waals surface area contributed by atoms with Crippen molar-refractivity contribution < 1.29 is 14.7 Å². The molecule has 6 heteroatoms. The van der Waals surface area contributed by atoms with Crippen LogP contribution >= 0.6 is 23.1 Å². The lowest BCUT2D eigenvalue weighted by atomic mass is 9.80. The average Bonchev–Trinajstić information content (AvgIpc) is 2.87. The van der Waals surface area contributed by atoms with E-state index in [0.717, 1.165) is 29.9 Å². The summed E-state index contributed by atoms with van der Waals surface area (Å²) in [6.45, 7) is 0.256. The van der Waals surface area contributed by atoms with Crippen molar-refractivity contribution in [2.45, 2.75) is 42.7 Å². The van der Waals surface area contributed by atoms with Crippen LogP contribution in [0.3, 0.4) is 0 Å². The highest BCUT2D eigenvalue weighted by Gasteiger charge is 2.38. The van der Waals surface area contributed by atoms with E-state index < -0.39 is 11.4 Å². The molecular weight excluding hydrogens is 306 g/mol. The number of hydrogen-bond acceptors (Lipinski definition) is 4. The maximum absolute atomic E-state index is 11.9. The van der Waals surface area contributed by atoms with Crippen molar-refractivity contribution in [3.8, 4) is 0 Å². The predicted octanol–water partition coefficient (Wildman–Crippen LogP) is 3.38. The van der Waals surface area contributed by atoms with Crippen LogP contribution in [0.4, 0.5) is 0 Å². The van der Waals surface area contributed by atoms with Gasteiger partial charge in [0.1, 0.15) is 0 Å². The number of amides is 1. The zero-order chi connectivity index (χ0) is 15.1. The second-order valence-electron chi connectivity index (χ2n) is 5.50. The number of nitrogens with one attached hydrogen (secondary N) is 1. The van der Waals surface area contributed by atoms with Crippen LogP contribution in [0.15, 0.2) is 21.7 Å². The number of carbonyl (C=O) groups is 2. The van der Waals surface area contributed by atoms with Crippen molar-refractivity contribution in [3.63, 3.8) is 0 Å². The first-order valence-corrected chi connectivity index (χ1v) is 9.15. The molecule has 0 atom stereocenters. The number of carbonyl (C=O) groups excluding carboxylic acids is 1. The van der Waals surface area contributed by atoms with Crippen LogP contribution in [0.1, 0.15) is 38.5 Å². The number of thioether (sulfide) groups is 1. The molecule has 0 aromatic carbocycles. The molecule has 1 aromatic heterocycles. The van der Waals surface area contributed by atoms with Gasteiger partial charge in [0.25, 0.3) is 0 Å².